The van der Waals surface area contributed by atoms with Gasteiger partial charge in [-0.15, -0.1) is 0 Å². The van der Waals surface area contributed by atoms with Crippen molar-refractivity contribution in [3.05, 3.63) is 22.7 Å². The molecule has 1 aromatic rings. The lowest BCUT2D eigenvalue weighted by Crippen LogP contribution is -2.49. The topological polar surface area (TPSA) is 75.7 Å². The van der Waals surface area contributed by atoms with Crippen LogP contribution in [0, 0.1) is 6.92 Å². The van der Waals surface area contributed by atoms with Crippen molar-refractivity contribution in [1.29, 1.82) is 0 Å². The van der Waals surface area contributed by atoms with Crippen LogP contribution in [0.15, 0.2) is 17.0 Å². The highest BCUT2D eigenvalue weighted by molar-refractivity contribution is 7.89. The van der Waals surface area contributed by atoms with Crippen LogP contribution in [0.4, 0.5) is 0 Å². The van der Waals surface area contributed by atoms with Crippen molar-refractivity contribution in [3.8, 4) is 5.75 Å². The number of hydrogen-bond donors (Lipinski definition) is 1. The first-order valence-corrected chi connectivity index (χ1v) is 9.77. The van der Waals surface area contributed by atoms with Gasteiger partial charge in [0.05, 0.1) is 6.61 Å². The van der Waals surface area contributed by atoms with E-state index >= 15 is 0 Å². The quantitative estimate of drug-likeness (QED) is 0.858. The number of ether oxygens (including phenoxy) is 1. The number of sulfonamides is 1. The summed E-state index contributed by atoms with van der Waals surface area (Å²) in [5.41, 5.74) is 0.758. The molecule has 24 heavy (non-hydrogen) atoms. The maximum absolute atomic E-state index is 13.1. The molecule has 1 atom stereocenters. The fraction of sp³-hybridized carbons (Fsp3) is 0.562. The van der Waals surface area contributed by atoms with Crippen LogP contribution in [0.25, 0.3) is 0 Å². The van der Waals surface area contributed by atoms with Gasteiger partial charge in [0, 0.05) is 31.1 Å². The summed E-state index contributed by atoms with van der Waals surface area (Å²) >= 11 is 6.13. The summed E-state index contributed by atoms with van der Waals surface area (Å²) in [5, 5.41) is 3.18. The first kappa shape index (κ1) is 19.0. The number of rotatable bonds is 5. The number of piperidine rings is 1. The van der Waals surface area contributed by atoms with Crippen LogP contribution in [-0.4, -0.2) is 44.4 Å². The molecular formula is C16H23ClN2O4S. The monoisotopic (exact) mass is 374 g/mol. The normalized spacial score (nSPS) is 19.1. The average molecular weight is 375 g/mol. The minimum Gasteiger partial charge on any atom is -0.492 e. The minimum atomic E-state index is -3.75. The molecule has 0 radical (unpaired) electrons. The second-order valence-electron chi connectivity index (χ2n) is 5.88. The zero-order valence-corrected chi connectivity index (χ0v) is 15.7. The number of amides is 1. The molecular weight excluding hydrogens is 352 g/mol. The van der Waals surface area contributed by atoms with Gasteiger partial charge in [-0.3, -0.25) is 4.79 Å². The number of hydrogen-bond acceptors (Lipinski definition) is 4. The maximum atomic E-state index is 13.1. The molecule has 1 aliphatic heterocycles. The van der Waals surface area contributed by atoms with Crippen LogP contribution >= 0.6 is 11.6 Å². The fourth-order valence-electron chi connectivity index (χ4n) is 2.81. The summed E-state index contributed by atoms with van der Waals surface area (Å²) in [4.78, 5) is 11.3. The molecule has 0 spiro atoms. The predicted octanol–water partition coefficient (Wildman–Crippen LogP) is 2.34. The lowest BCUT2D eigenvalue weighted by Gasteiger charge is -2.32. The molecule has 1 aliphatic rings. The highest BCUT2D eigenvalue weighted by Crippen LogP contribution is 2.33. The van der Waals surface area contributed by atoms with Gasteiger partial charge in [0.1, 0.15) is 10.6 Å². The maximum Gasteiger partial charge on any atom is 0.246 e. The van der Waals surface area contributed by atoms with Gasteiger partial charge in [-0.1, -0.05) is 11.6 Å². The van der Waals surface area contributed by atoms with E-state index in [-0.39, 0.29) is 23.4 Å². The second kappa shape index (κ2) is 7.72. The third-order valence-electron chi connectivity index (χ3n) is 3.93. The first-order valence-electron chi connectivity index (χ1n) is 7.96. The van der Waals surface area contributed by atoms with E-state index in [9.17, 15) is 13.2 Å². The summed E-state index contributed by atoms with van der Waals surface area (Å²) in [6, 6.07) is 2.91. The molecule has 6 nitrogen and oxygen atoms in total. The van der Waals surface area contributed by atoms with Crippen molar-refractivity contribution in [2.24, 2.45) is 0 Å². The number of carbonyl (C=O) groups is 1. The smallest absolute Gasteiger partial charge is 0.246 e. The Morgan fingerprint density at radius 1 is 1.46 bits per heavy atom. The molecule has 0 bridgehead atoms. The molecule has 0 aromatic heterocycles. The number of carbonyl (C=O) groups excluding carboxylic acids is 1. The molecule has 1 N–H and O–H groups in total. The molecule has 1 saturated heterocycles. The zero-order valence-electron chi connectivity index (χ0n) is 14.1. The number of nitrogens with zero attached hydrogens (tertiary/aromatic N) is 1. The van der Waals surface area contributed by atoms with Crippen LogP contribution in [0.3, 0.4) is 0 Å². The van der Waals surface area contributed by atoms with Gasteiger partial charge in [0.15, 0.2) is 0 Å². The molecule has 1 amide bonds. The minimum absolute atomic E-state index is 0.0726. The Morgan fingerprint density at radius 2 is 2.17 bits per heavy atom. The van der Waals surface area contributed by atoms with Crippen molar-refractivity contribution in [3.63, 3.8) is 0 Å². The average Bonchev–Trinajstić information content (AvgIpc) is 2.50. The largest absolute Gasteiger partial charge is 0.492 e. The van der Waals surface area contributed by atoms with E-state index in [1.165, 1.54) is 17.3 Å². The van der Waals surface area contributed by atoms with Crippen molar-refractivity contribution in [1.82, 2.24) is 9.62 Å². The number of benzene rings is 1. The Kier molecular flexibility index (Phi) is 6.11. The molecule has 1 heterocycles. The van der Waals surface area contributed by atoms with Crippen molar-refractivity contribution < 1.29 is 17.9 Å². The lowest BCUT2D eigenvalue weighted by molar-refractivity contribution is -0.119. The van der Waals surface area contributed by atoms with Gasteiger partial charge < -0.3 is 10.1 Å². The number of nitrogens with one attached hydrogen (secondary N) is 1. The highest BCUT2D eigenvalue weighted by Gasteiger charge is 2.33. The molecule has 1 fully saturated rings. The Bertz CT molecular complexity index is 721. The molecule has 134 valence electrons. The molecule has 2 rings (SSSR count). The summed E-state index contributed by atoms with van der Waals surface area (Å²) in [5.74, 6) is 0.147. The van der Waals surface area contributed by atoms with Crippen molar-refractivity contribution in [2.45, 2.75) is 44.6 Å². The van der Waals surface area contributed by atoms with Crippen LogP contribution in [0.2, 0.25) is 5.02 Å². The van der Waals surface area contributed by atoms with Gasteiger partial charge in [-0.25, -0.2) is 8.42 Å². The first-order chi connectivity index (χ1) is 11.3. The Morgan fingerprint density at radius 3 is 2.79 bits per heavy atom. The van der Waals surface area contributed by atoms with E-state index in [0.29, 0.717) is 30.3 Å². The number of aryl methyl sites for hydroxylation is 1. The Labute approximate surface area is 148 Å². The molecule has 0 aliphatic carbocycles. The van der Waals surface area contributed by atoms with E-state index in [0.717, 1.165) is 12.0 Å². The van der Waals surface area contributed by atoms with Crippen molar-refractivity contribution >= 4 is 27.5 Å². The summed E-state index contributed by atoms with van der Waals surface area (Å²) in [7, 11) is -3.75. The summed E-state index contributed by atoms with van der Waals surface area (Å²) < 4.78 is 33.0. The molecule has 8 heteroatoms. The fourth-order valence-corrected chi connectivity index (χ4v) is 4.70. The standard InChI is InChI=1S/C16H23ClN2O4S/c1-4-23-15-8-11(2)14(17)9-16(15)24(21,22)19-7-5-6-13(10-19)18-12(3)20/h8-9,13H,4-7,10H2,1-3H3,(H,18,20). The summed E-state index contributed by atoms with van der Waals surface area (Å²) in [6.07, 6.45) is 1.45. The second-order valence-corrected chi connectivity index (χ2v) is 8.20. The van der Waals surface area contributed by atoms with Crippen LogP contribution in [0.1, 0.15) is 32.3 Å². The third-order valence-corrected chi connectivity index (χ3v) is 6.23. The van der Waals surface area contributed by atoms with Gasteiger partial charge >= 0.3 is 0 Å². The van der Waals surface area contributed by atoms with Gasteiger partial charge in [-0.2, -0.15) is 4.31 Å². The van der Waals surface area contributed by atoms with Crippen LogP contribution in [0.5, 0.6) is 5.75 Å². The summed E-state index contributed by atoms with van der Waals surface area (Å²) in [6.45, 7) is 6.05. The van der Waals surface area contributed by atoms with E-state index in [2.05, 4.69) is 5.32 Å². The van der Waals surface area contributed by atoms with Crippen LogP contribution < -0.4 is 10.1 Å². The van der Waals surface area contributed by atoms with Crippen LogP contribution in [-0.2, 0) is 14.8 Å². The Hall–Kier alpha value is -1.31. The van der Waals surface area contributed by atoms with Gasteiger partial charge in [0.2, 0.25) is 15.9 Å². The van der Waals surface area contributed by atoms with E-state index in [1.54, 1.807) is 19.9 Å². The van der Waals surface area contributed by atoms with E-state index < -0.39 is 10.0 Å². The van der Waals surface area contributed by atoms with E-state index in [1.807, 2.05) is 0 Å². The molecule has 1 aromatic carbocycles. The van der Waals surface area contributed by atoms with E-state index in [4.69, 9.17) is 16.3 Å². The third kappa shape index (κ3) is 4.20. The lowest BCUT2D eigenvalue weighted by atomic mass is 10.1. The predicted molar refractivity (Wildman–Crippen MR) is 93.0 cm³/mol. The van der Waals surface area contributed by atoms with Gasteiger partial charge in [-0.05, 0) is 44.4 Å². The SMILES string of the molecule is CCOc1cc(C)c(Cl)cc1S(=O)(=O)N1CCCC(NC(C)=O)C1. The molecule has 0 saturated carbocycles. The molecule has 1 unspecified atom stereocenters. The Balaban J connectivity index is 2.35. The van der Waals surface area contributed by atoms with Crippen molar-refractivity contribution in [2.75, 3.05) is 19.7 Å². The highest BCUT2D eigenvalue weighted by atomic mass is 35.5. The zero-order chi connectivity index (χ0) is 17.9. The number of halogens is 1. The van der Waals surface area contributed by atoms with Gasteiger partial charge in [0.25, 0.3) is 0 Å².